The van der Waals surface area contributed by atoms with Gasteiger partial charge in [-0.25, -0.2) is 0 Å². The summed E-state index contributed by atoms with van der Waals surface area (Å²) in [7, 11) is 1.86. The van der Waals surface area contributed by atoms with Gasteiger partial charge in [0.15, 0.2) is 0 Å². The van der Waals surface area contributed by atoms with Gasteiger partial charge in [-0.3, -0.25) is 4.99 Å². The van der Waals surface area contributed by atoms with Gasteiger partial charge in [0.05, 0.1) is 5.71 Å². The van der Waals surface area contributed by atoms with Gasteiger partial charge in [-0.15, -0.1) is 0 Å². The molecule has 0 heterocycles. The van der Waals surface area contributed by atoms with Gasteiger partial charge in [0.2, 0.25) is 0 Å². The number of nitrogens with zero attached hydrogens (tertiary/aromatic N) is 1. The lowest BCUT2D eigenvalue weighted by molar-refractivity contribution is 1.14. The molecular formula is C30H27N. The first-order chi connectivity index (χ1) is 15.3. The third kappa shape index (κ3) is 4.90. The molecule has 0 unspecified atom stereocenters. The number of benzene rings is 4. The summed E-state index contributed by atoms with van der Waals surface area (Å²) in [6.07, 6.45) is 3.21. The van der Waals surface area contributed by atoms with E-state index in [4.69, 9.17) is 0 Å². The van der Waals surface area contributed by atoms with Gasteiger partial charge < -0.3 is 0 Å². The fourth-order valence-electron chi connectivity index (χ4n) is 3.82. The summed E-state index contributed by atoms with van der Waals surface area (Å²) in [4.78, 5) is 4.61. The minimum atomic E-state index is 0.975. The molecule has 0 atom stereocenters. The van der Waals surface area contributed by atoms with E-state index in [0.717, 1.165) is 17.7 Å². The van der Waals surface area contributed by atoms with Gasteiger partial charge in [-0.2, -0.15) is 0 Å². The number of aliphatic imine (C=N–C) groups is 1. The van der Waals surface area contributed by atoms with Crippen molar-refractivity contribution in [2.24, 2.45) is 4.99 Å². The van der Waals surface area contributed by atoms with Crippen LogP contribution in [0.1, 0.15) is 29.2 Å². The lowest BCUT2D eigenvalue weighted by atomic mass is 9.90. The van der Waals surface area contributed by atoms with Crippen LogP contribution >= 0.6 is 0 Å². The van der Waals surface area contributed by atoms with Crippen LogP contribution in [0, 0.1) is 0 Å². The van der Waals surface area contributed by atoms with Crippen molar-refractivity contribution in [2.45, 2.75) is 13.3 Å². The lowest BCUT2D eigenvalue weighted by Crippen LogP contribution is -2.00. The molecular weight excluding hydrogens is 374 g/mol. The number of aryl methyl sites for hydroxylation is 1. The maximum atomic E-state index is 4.61. The van der Waals surface area contributed by atoms with E-state index in [1.54, 1.807) is 0 Å². The average molecular weight is 402 g/mol. The van der Waals surface area contributed by atoms with Gasteiger partial charge >= 0.3 is 0 Å². The Kier molecular flexibility index (Phi) is 6.54. The molecule has 0 aliphatic heterocycles. The summed E-state index contributed by atoms with van der Waals surface area (Å²) < 4.78 is 0. The first-order valence-electron chi connectivity index (χ1n) is 10.8. The standard InChI is InChI=1S/C30H27N/c1-3-23-19-27(24-13-7-4-8-14-24)21-28(20-23)29(25-15-9-5-10-16-25)22-30(31-2)26-17-11-6-12-18-26/h4-22H,3H2,1-2H3/b29-22-,31-30?. The molecule has 0 N–H and O–H groups in total. The minimum absolute atomic E-state index is 0.975. The quantitative estimate of drug-likeness (QED) is 0.297. The molecule has 0 aliphatic rings. The number of hydrogen-bond acceptors (Lipinski definition) is 1. The van der Waals surface area contributed by atoms with Crippen molar-refractivity contribution in [3.8, 4) is 11.1 Å². The minimum Gasteiger partial charge on any atom is -0.288 e. The third-order valence-electron chi connectivity index (χ3n) is 5.50. The third-order valence-corrected chi connectivity index (χ3v) is 5.50. The Labute approximate surface area is 185 Å². The van der Waals surface area contributed by atoms with E-state index in [0.29, 0.717) is 0 Å². The van der Waals surface area contributed by atoms with Crippen LogP contribution in [0.25, 0.3) is 16.7 Å². The largest absolute Gasteiger partial charge is 0.288 e. The highest BCUT2D eigenvalue weighted by Crippen LogP contribution is 2.30. The van der Waals surface area contributed by atoms with Crippen LogP contribution in [0.2, 0.25) is 0 Å². The Bertz CT molecular complexity index is 1190. The molecule has 0 aromatic heterocycles. The van der Waals surface area contributed by atoms with Crippen LogP contribution in [-0.4, -0.2) is 12.8 Å². The van der Waals surface area contributed by atoms with Crippen molar-refractivity contribution in [1.29, 1.82) is 0 Å². The fraction of sp³-hybridized carbons (Fsp3) is 0.100. The van der Waals surface area contributed by atoms with Crippen molar-refractivity contribution >= 4 is 11.3 Å². The van der Waals surface area contributed by atoms with E-state index in [2.05, 4.69) is 121 Å². The van der Waals surface area contributed by atoms with E-state index in [-0.39, 0.29) is 0 Å². The average Bonchev–Trinajstić information content (AvgIpc) is 2.86. The van der Waals surface area contributed by atoms with Crippen LogP contribution in [0.3, 0.4) is 0 Å². The Balaban J connectivity index is 1.91. The molecule has 1 nitrogen and oxygen atoms in total. The van der Waals surface area contributed by atoms with Crippen LogP contribution in [0.5, 0.6) is 0 Å². The molecule has 0 saturated heterocycles. The highest BCUT2D eigenvalue weighted by atomic mass is 14.7. The second kappa shape index (κ2) is 9.86. The van der Waals surface area contributed by atoms with Crippen molar-refractivity contribution < 1.29 is 0 Å². The fourth-order valence-corrected chi connectivity index (χ4v) is 3.82. The number of hydrogen-bond donors (Lipinski definition) is 0. The maximum Gasteiger partial charge on any atom is 0.0649 e. The van der Waals surface area contributed by atoms with Gasteiger partial charge in [0, 0.05) is 7.05 Å². The van der Waals surface area contributed by atoms with Gasteiger partial charge in [0.1, 0.15) is 0 Å². The molecule has 0 aliphatic carbocycles. The van der Waals surface area contributed by atoms with Crippen molar-refractivity contribution in [2.75, 3.05) is 7.05 Å². The molecule has 152 valence electrons. The molecule has 0 spiro atoms. The second-order valence-corrected chi connectivity index (χ2v) is 7.54. The molecule has 1 heteroatoms. The molecule has 0 amide bonds. The Hall–Kier alpha value is -3.71. The maximum absolute atomic E-state index is 4.61. The smallest absolute Gasteiger partial charge is 0.0649 e. The summed E-state index contributed by atoms with van der Waals surface area (Å²) in [6.45, 7) is 2.21. The molecule has 0 radical (unpaired) electrons. The van der Waals surface area contributed by atoms with Crippen LogP contribution in [-0.2, 0) is 6.42 Å². The Morgan fingerprint density at radius 3 is 1.81 bits per heavy atom. The highest BCUT2D eigenvalue weighted by Gasteiger charge is 2.11. The summed E-state index contributed by atoms with van der Waals surface area (Å²) in [5.74, 6) is 0. The summed E-state index contributed by atoms with van der Waals surface area (Å²) >= 11 is 0. The highest BCUT2D eigenvalue weighted by molar-refractivity contribution is 6.13. The number of rotatable bonds is 6. The van der Waals surface area contributed by atoms with E-state index in [1.165, 1.54) is 33.4 Å². The Morgan fingerprint density at radius 2 is 1.23 bits per heavy atom. The van der Waals surface area contributed by atoms with Crippen molar-refractivity contribution in [3.05, 3.63) is 138 Å². The zero-order chi connectivity index (χ0) is 21.5. The molecule has 4 aromatic rings. The normalized spacial score (nSPS) is 12.1. The second-order valence-electron chi connectivity index (χ2n) is 7.54. The van der Waals surface area contributed by atoms with E-state index in [1.807, 2.05) is 13.1 Å². The van der Waals surface area contributed by atoms with E-state index < -0.39 is 0 Å². The molecule has 4 rings (SSSR count). The van der Waals surface area contributed by atoms with E-state index >= 15 is 0 Å². The summed E-state index contributed by atoms with van der Waals surface area (Å²) in [5, 5.41) is 0. The summed E-state index contributed by atoms with van der Waals surface area (Å²) in [5.41, 5.74) is 9.47. The monoisotopic (exact) mass is 401 g/mol. The van der Waals surface area contributed by atoms with Crippen LogP contribution in [0.4, 0.5) is 0 Å². The van der Waals surface area contributed by atoms with Crippen molar-refractivity contribution in [3.63, 3.8) is 0 Å². The predicted molar refractivity (Wildman–Crippen MR) is 134 cm³/mol. The predicted octanol–water partition coefficient (Wildman–Crippen LogP) is 7.47. The van der Waals surface area contributed by atoms with Gasteiger partial charge in [-0.05, 0) is 57.5 Å². The zero-order valence-corrected chi connectivity index (χ0v) is 18.1. The topological polar surface area (TPSA) is 12.4 Å². The van der Waals surface area contributed by atoms with Crippen LogP contribution < -0.4 is 0 Å². The molecule has 0 bridgehead atoms. The first-order valence-corrected chi connectivity index (χ1v) is 10.8. The first kappa shape index (κ1) is 20.6. The van der Waals surface area contributed by atoms with Gasteiger partial charge in [0.25, 0.3) is 0 Å². The van der Waals surface area contributed by atoms with Crippen molar-refractivity contribution in [1.82, 2.24) is 0 Å². The SMILES string of the molecule is CCc1cc(/C(=C\C(=NC)c2ccccc2)c2ccccc2)cc(-c2ccccc2)c1. The lowest BCUT2D eigenvalue weighted by Gasteiger charge is -2.14. The molecule has 0 fully saturated rings. The Morgan fingerprint density at radius 1 is 0.645 bits per heavy atom. The zero-order valence-electron chi connectivity index (χ0n) is 18.1. The van der Waals surface area contributed by atoms with Gasteiger partial charge in [-0.1, -0.05) is 110 Å². The molecule has 4 aromatic carbocycles. The van der Waals surface area contributed by atoms with Crippen LogP contribution in [0.15, 0.2) is 120 Å². The molecule has 31 heavy (non-hydrogen) atoms. The van der Waals surface area contributed by atoms with E-state index in [9.17, 15) is 0 Å². The number of allylic oxidation sites excluding steroid dienone is 1. The summed E-state index contributed by atoms with van der Waals surface area (Å²) in [6, 6.07) is 38.5. The molecule has 0 saturated carbocycles.